The van der Waals surface area contributed by atoms with Gasteiger partial charge in [0.05, 0.1) is 0 Å². The molecule has 1 saturated carbocycles. The highest BCUT2D eigenvalue weighted by molar-refractivity contribution is 5.36. The van der Waals surface area contributed by atoms with E-state index in [0.717, 1.165) is 11.1 Å². The summed E-state index contributed by atoms with van der Waals surface area (Å²) in [6.07, 6.45) is 0. The van der Waals surface area contributed by atoms with Crippen LogP contribution in [0.2, 0.25) is 0 Å². The lowest BCUT2D eigenvalue weighted by Crippen LogP contribution is -2.05. The Morgan fingerprint density at radius 1 is 1.40 bits per heavy atom. The van der Waals surface area contributed by atoms with Crippen LogP contribution in [-0.4, -0.2) is 6.54 Å². The molecule has 2 unspecified atom stereocenters. The quantitative estimate of drug-likeness (QED) is 0.793. The largest absolute Gasteiger partial charge is 0.330 e. The lowest BCUT2D eigenvalue weighted by molar-refractivity contribution is 0.549. The molecular formula is C13H18FN. The van der Waals surface area contributed by atoms with Crippen LogP contribution in [0.1, 0.15) is 30.9 Å². The van der Waals surface area contributed by atoms with E-state index in [4.69, 9.17) is 5.73 Å². The minimum Gasteiger partial charge on any atom is -0.330 e. The zero-order chi connectivity index (χ0) is 11.2. The van der Waals surface area contributed by atoms with Crippen LogP contribution >= 0.6 is 0 Å². The Hall–Kier alpha value is -0.890. The molecule has 0 bridgehead atoms. The molecule has 1 aromatic carbocycles. The normalized spacial score (nSPS) is 27.8. The Kier molecular flexibility index (Phi) is 2.34. The number of halogens is 1. The van der Waals surface area contributed by atoms with Crippen LogP contribution in [0.4, 0.5) is 4.39 Å². The number of hydrogen-bond acceptors (Lipinski definition) is 1. The first kappa shape index (κ1) is 10.6. The van der Waals surface area contributed by atoms with E-state index in [1.165, 1.54) is 0 Å². The third-order valence-corrected chi connectivity index (χ3v) is 3.86. The van der Waals surface area contributed by atoms with Gasteiger partial charge in [-0.15, -0.1) is 0 Å². The number of nitrogens with two attached hydrogens (primary N) is 1. The van der Waals surface area contributed by atoms with E-state index in [0.29, 0.717) is 18.4 Å². The predicted molar refractivity (Wildman–Crippen MR) is 60.2 cm³/mol. The number of benzene rings is 1. The van der Waals surface area contributed by atoms with Crippen molar-refractivity contribution in [2.24, 2.45) is 17.1 Å². The monoisotopic (exact) mass is 207 g/mol. The summed E-state index contributed by atoms with van der Waals surface area (Å²) < 4.78 is 13.9. The zero-order valence-corrected chi connectivity index (χ0v) is 9.55. The third-order valence-electron chi connectivity index (χ3n) is 3.86. The second-order valence-corrected chi connectivity index (χ2v) is 5.12. The molecule has 1 aliphatic rings. The van der Waals surface area contributed by atoms with Crippen molar-refractivity contribution in [3.63, 3.8) is 0 Å². The molecule has 0 aromatic heterocycles. The molecule has 0 aliphatic heterocycles. The summed E-state index contributed by atoms with van der Waals surface area (Å²) in [5.41, 5.74) is 7.43. The topological polar surface area (TPSA) is 26.0 Å². The van der Waals surface area contributed by atoms with Crippen LogP contribution < -0.4 is 5.73 Å². The van der Waals surface area contributed by atoms with Gasteiger partial charge in [-0.2, -0.15) is 0 Å². The highest BCUT2D eigenvalue weighted by atomic mass is 19.1. The summed E-state index contributed by atoms with van der Waals surface area (Å²) >= 11 is 0. The summed E-state index contributed by atoms with van der Waals surface area (Å²) in [6, 6.07) is 5.63. The van der Waals surface area contributed by atoms with Gasteiger partial charge in [-0.1, -0.05) is 32.0 Å². The van der Waals surface area contributed by atoms with E-state index in [9.17, 15) is 4.39 Å². The zero-order valence-electron chi connectivity index (χ0n) is 9.55. The van der Waals surface area contributed by atoms with Gasteiger partial charge in [0.2, 0.25) is 0 Å². The van der Waals surface area contributed by atoms with Gasteiger partial charge in [0.25, 0.3) is 0 Å². The van der Waals surface area contributed by atoms with Crippen molar-refractivity contribution >= 4 is 0 Å². The van der Waals surface area contributed by atoms with Crippen molar-refractivity contribution in [3.05, 3.63) is 35.1 Å². The Balaban J connectivity index is 2.37. The summed E-state index contributed by atoms with van der Waals surface area (Å²) in [6.45, 7) is 6.78. The van der Waals surface area contributed by atoms with Crippen molar-refractivity contribution in [2.75, 3.05) is 6.54 Å². The first-order valence-electron chi connectivity index (χ1n) is 5.45. The molecular weight excluding hydrogens is 189 g/mol. The van der Waals surface area contributed by atoms with Gasteiger partial charge in [-0.3, -0.25) is 0 Å². The van der Waals surface area contributed by atoms with Gasteiger partial charge in [0.15, 0.2) is 0 Å². The maximum atomic E-state index is 13.9. The van der Waals surface area contributed by atoms with E-state index < -0.39 is 0 Å². The first-order chi connectivity index (χ1) is 7.00. The maximum Gasteiger partial charge on any atom is 0.129 e. The van der Waals surface area contributed by atoms with Crippen molar-refractivity contribution in [3.8, 4) is 0 Å². The second kappa shape index (κ2) is 3.31. The van der Waals surface area contributed by atoms with Crippen LogP contribution in [0.5, 0.6) is 0 Å². The molecule has 2 heteroatoms. The van der Waals surface area contributed by atoms with E-state index in [1.807, 2.05) is 25.1 Å². The molecule has 1 fully saturated rings. The van der Waals surface area contributed by atoms with Crippen LogP contribution in [0.15, 0.2) is 18.2 Å². The molecule has 15 heavy (non-hydrogen) atoms. The molecule has 1 aliphatic carbocycles. The lowest BCUT2D eigenvalue weighted by atomic mass is 10.0. The fourth-order valence-electron chi connectivity index (χ4n) is 2.71. The van der Waals surface area contributed by atoms with E-state index in [2.05, 4.69) is 13.8 Å². The van der Waals surface area contributed by atoms with Crippen LogP contribution in [-0.2, 0) is 0 Å². The minimum atomic E-state index is -0.0495. The third kappa shape index (κ3) is 1.48. The molecule has 0 heterocycles. The molecule has 0 amide bonds. The summed E-state index contributed by atoms with van der Waals surface area (Å²) in [4.78, 5) is 0. The van der Waals surface area contributed by atoms with Crippen LogP contribution in [0.25, 0.3) is 0 Å². The molecule has 2 atom stereocenters. The van der Waals surface area contributed by atoms with E-state index >= 15 is 0 Å². The van der Waals surface area contributed by atoms with Gasteiger partial charge in [-0.05, 0) is 41.8 Å². The molecule has 0 saturated heterocycles. The van der Waals surface area contributed by atoms with E-state index in [1.54, 1.807) is 0 Å². The van der Waals surface area contributed by atoms with Crippen LogP contribution in [0, 0.1) is 24.1 Å². The van der Waals surface area contributed by atoms with Gasteiger partial charge < -0.3 is 5.73 Å². The smallest absolute Gasteiger partial charge is 0.129 e. The average Bonchev–Trinajstić information content (AvgIpc) is 2.73. The van der Waals surface area contributed by atoms with E-state index in [-0.39, 0.29) is 11.2 Å². The first-order valence-corrected chi connectivity index (χ1v) is 5.45. The van der Waals surface area contributed by atoms with Crippen molar-refractivity contribution in [2.45, 2.75) is 26.7 Å². The number of hydrogen-bond donors (Lipinski definition) is 1. The molecule has 2 N–H and O–H groups in total. The summed E-state index contributed by atoms with van der Waals surface area (Å²) in [5.74, 6) is 0.669. The van der Waals surface area contributed by atoms with Crippen molar-refractivity contribution in [1.82, 2.24) is 0 Å². The molecule has 1 nitrogen and oxygen atoms in total. The summed E-state index contributed by atoms with van der Waals surface area (Å²) in [7, 11) is 0. The highest BCUT2D eigenvalue weighted by Gasteiger charge is 2.57. The molecule has 82 valence electrons. The fourth-order valence-corrected chi connectivity index (χ4v) is 2.71. The molecule has 0 spiro atoms. The lowest BCUT2D eigenvalue weighted by Gasteiger charge is -2.06. The van der Waals surface area contributed by atoms with Crippen molar-refractivity contribution < 1.29 is 4.39 Å². The Morgan fingerprint density at radius 3 is 2.60 bits per heavy atom. The van der Waals surface area contributed by atoms with Gasteiger partial charge in [0.1, 0.15) is 5.82 Å². The SMILES string of the molecule is Cc1cccc(C2C(CN)C2(C)C)c1F. The number of rotatable bonds is 2. The Bertz CT molecular complexity index is 384. The van der Waals surface area contributed by atoms with Crippen molar-refractivity contribution in [1.29, 1.82) is 0 Å². The Morgan fingerprint density at radius 2 is 2.07 bits per heavy atom. The van der Waals surface area contributed by atoms with Crippen LogP contribution in [0.3, 0.4) is 0 Å². The minimum absolute atomic E-state index is 0.0495. The Labute approximate surface area is 90.5 Å². The summed E-state index contributed by atoms with van der Waals surface area (Å²) in [5, 5.41) is 0. The standard InChI is InChI=1S/C13H18FN/c1-8-5-4-6-9(12(8)14)11-10(7-15)13(11,2)3/h4-6,10-11H,7,15H2,1-3H3. The second-order valence-electron chi connectivity index (χ2n) is 5.12. The van der Waals surface area contributed by atoms with Gasteiger partial charge in [0, 0.05) is 0 Å². The maximum absolute atomic E-state index is 13.9. The molecule has 1 aromatic rings. The number of aryl methyl sites for hydroxylation is 1. The fraction of sp³-hybridized carbons (Fsp3) is 0.538. The van der Waals surface area contributed by atoms with Gasteiger partial charge in [-0.25, -0.2) is 4.39 Å². The molecule has 2 rings (SSSR count). The highest BCUT2D eigenvalue weighted by Crippen LogP contribution is 2.64. The van der Waals surface area contributed by atoms with Gasteiger partial charge >= 0.3 is 0 Å². The average molecular weight is 207 g/mol. The predicted octanol–water partition coefficient (Wildman–Crippen LogP) is 2.83. The molecule has 0 radical (unpaired) electrons.